The summed E-state index contributed by atoms with van der Waals surface area (Å²) in [5.41, 5.74) is 0. The number of carbonyl (C=O) groups is 1. The van der Waals surface area contributed by atoms with Gasteiger partial charge >= 0.3 is 0 Å². The predicted molar refractivity (Wildman–Crippen MR) is 212 cm³/mol. The second-order valence-electron chi connectivity index (χ2n) is 15.1. The molecule has 0 aromatic heterocycles. The fourth-order valence-electron chi connectivity index (χ4n) is 6.89. The first-order valence-electron chi connectivity index (χ1n) is 21.9. The summed E-state index contributed by atoms with van der Waals surface area (Å²) in [7, 11) is 0. The van der Waals surface area contributed by atoms with Gasteiger partial charge in [0.05, 0.1) is 18.8 Å². The molecule has 0 spiro atoms. The predicted octanol–water partition coefficient (Wildman–Crippen LogP) is 13.5. The minimum atomic E-state index is -0.832. The van der Waals surface area contributed by atoms with Crippen LogP contribution in [0.2, 0.25) is 0 Å². The molecule has 2 atom stereocenters. The van der Waals surface area contributed by atoms with E-state index < -0.39 is 12.1 Å². The van der Waals surface area contributed by atoms with Gasteiger partial charge in [-0.3, -0.25) is 4.79 Å². The van der Waals surface area contributed by atoms with Crippen molar-refractivity contribution in [2.45, 2.75) is 257 Å². The largest absolute Gasteiger partial charge is 0.394 e. The number of nitrogens with one attached hydrogen (secondary N) is 1. The van der Waals surface area contributed by atoms with Crippen molar-refractivity contribution >= 4 is 5.91 Å². The van der Waals surface area contributed by atoms with Crippen molar-refractivity contribution in [3.8, 4) is 0 Å². The highest BCUT2D eigenvalue weighted by atomic mass is 16.3. The van der Waals surface area contributed by atoms with Crippen LogP contribution in [0.4, 0.5) is 0 Å². The van der Waals surface area contributed by atoms with Gasteiger partial charge < -0.3 is 15.5 Å². The maximum Gasteiger partial charge on any atom is 0.220 e. The number of unbranched alkanes of at least 4 members (excludes halogenated alkanes) is 33. The van der Waals surface area contributed by atoms with E-state index in [4.69, 9.17) is 0 Å². The minimum absolute atomic E-state index is 0.0689. The van der Waals surface area contributed by atoms with E-state index in [2.05, 4.69) is 19.2 Å². The van der Waals surface area contributed by atoms with Gasteiger partial charge in [0.15, 0.2) is 0 Å². The Bertz CT molecular complexity index is 651. The molecule has 0 aliphatic carbocycles. The standard InChI is InChI=1S/C44H87NO3/c1-3-5-7-9-11-12-13-14-15-16-17-18-19-20-21-22-23-24-25-26-27-28-29-30-31-32-34-35-37-39-43(47)42(41-46)45-44(48)40-38-36-33-10-8-6-4-2/h37,39,42-43,46-47H,3-36,38,40-41H2,1-2H3,(H,45,48)/b39-37+. The van der Waals surface area contributed by atoms with Gasteiger partial charge in [-0.15, -0.1) is 0 Å². The monoisotopic (exact) mass is 678 g/mol. The maximum atomic E-state index is 12.2. The summed E-state index contributed by atoms with van der Waals surface area (Å²) >= 11 is 0. The van der Waals surface area contributed by atoms with Crippen molar-refractivity contribution in [2.75, 3.05) is 6.61 Å². The van der Waals surface area contributed by atoms with Crippen LogP contribution in [-0.4, -0.2) is 34.9 Å². The summed E-state index contributed by atoms with van der Waals surface area (Å²) in [6, 6.07) is -0.614. The zero-order valence-electron chi connectivity index (χ0n) is 32.8. The molecule has 0 rings (SSSR count). The molecule has 0 radical (unpaired) electrons. The number of carbonyl (C=O) groups excluding carboxylic acids is 1. The lowest BCUT2D eigenvalue weighted by molar-refractivity contribution is -0.123. The molecule has 0 fully saturated rings. The van der Waals surface area contributed by atoms with Crippen molar-refractivity contribution in [3.05, 3.63) is 12.2 Å². The number of rotatable bonds is 40. The summed E-state index contributed by atoms with van der Waals surface area (Å²) in [4.78, 5) is 12.2. The quantitative estimate of drug-likeness (QED) is 0.0446. The molecule has 0 bridgehead atoms. The van der Waals surface area contributed by atoms with E-state index in [-0.39, 0.29) is 12.5 Å². The van der Waals surface area contributed by atoms with Gasteiger partial charge in [0.1, 0.15) is 0 Å². The highest BCUT2D eigenvalue weighted by Crippen LogP contribution is 2.16. The molecular weight excluding hydrogens is 590 g/mol. The van der Waals surface area contributed by atoms with E-state index in [1.165, 1.54) is 199 Å². The van der Waals surface area contributed by atoms with Crippen LogP contribution < -0.4 is 5.32 Å². The molecular formula is C44H87NO3. The number of aliphatic hydroxyl groups excluding tert-OH is 2. The molecule has 48 heavy (non-hydrogen) atoms. The second kappa shape index (κ2) is 40.6. The fraction of sp³-hybridized carbons (Fsp3) is 0.932. The van der Waals surface area contributed by atoms with E-state index >= 15 is 0 Å². The first-order valence-corrected chi connectivity index (χ1v) is 21.9. The zero-order chi connectivity index (χ0) is 35.0. The maximum absolute atomic E-state index is 12.2. The third kappa shape index (κ3) is 36.4. The molecule has 0 saturated carbocycles. The molecule has 0 aliphatic heterocycles. The van der Waals surface area contributed by atoms with E-state index in [0.29, 0.717) is 6.42 Å². The summed E-state index contributed by atoms with van der Waals surface area (Å²) in [5, 5.41) is 22.8. The Hall–Kier alpha value is -0.870. The average molecular weight is 678 g/mol. The molecule has 1 amide bonds. The lowest BCUT2D eigenvalue weighted by atomic mass is 10.0. The molecule has 4 nitrogen and oxygen atoms in total. The van der Waals surface area contributed by atoms with Crippen LogP contribution in [-0.2, 0) is 4.79 Å². The highest BCUT2D eigenvalue weighted by molar-refractivity contribution is 5.76. The van der Waals surface area contributed by atoms with Gasteiger partial charge in [0.2, 0.25) is 5.91 Å². The van der Waals surface area contributed by atoms with E-state index in [1.54, 1.807) is 6.08 Å². The molecule has 286 valence electrons. The highest BCUT2D eigenvalue weighted by Gasteiger charge is 2.17. The Morgan fingerprint density at radius 2 is 0.771 bits per heavy atom. The fourth-order valence-corrected chi connectivity index (χ4v) is 6.89. The molecule has 2 unspecified atom stereocenters. The van der Waals surface area contributed by atoms with Gasteiger partial charge in [-0.05, 0) is 19.3 Å². The Labute approximate surface area is 301 Å². The van der Waals surface area contributed by atoms with Crippen LogP contribution in [0.5, 0.6) is 0 Å². The third-order valence-corrected chi connectivity index (χ3v) is 10.3. The Kier molecular flexibility index (Phi) is 39.8. The summed E-state index contributed by atoms with van der Waals surface area (Å²) in [6.45, 7) is 4.28. The number of allylic oxidation sites excluding steroid dienone is 1. The van der Waals surface area contributed by atoms with Crippen LogP contribution in [0.3, 0.4) is 0 Å². The van der Waals surface area contributed by atoms with Crippen molar-refractivity contribution in [2.24, 2.45) is 0 Å². The van der Waals surface area contributed by atoms with Crippen molar-refractivity contribution in [3.63, 3.8) is 0 Å². The van der Waals surface area contributed by atoms with Gasteiger partial charge in [-0.25, -0.2) is 0 Å². The van der Waals surface area contributed by atoms with Crippen molar-refractivity contribution in [1.29, 1.82) is 0 Å². The van der Waals surface area contributed by atoms with Gasteiger partial charge in [-0.1, -0.05) is 231 Å². The summed E-state index contributed by atoms with van der Waals surface area (Å²) < 4.78 is 0. The molecule has 0 saturated heterocycles. The molecule has 0 heterocycles. The number of hydrogen-bond acceptors (Lipinski definition) is 3. The topological polar surface area (TPSA) is 69.6 Å². The average Bonchev–Trinajstić information content (AvgIpc) is 3.09. The van der Waals surface area contributed by atoms with E-state index in [0.717, 1.165) is 25.7 Å². The van der Waals surface area contributed by atoms with Gasteiger partial charge in [0.25, 0.3) is 0 Å². The smallest absolute Gasteiger partial charge is 0.220 e. The zero-order valence-corrected chi connectivity index (χ0v) is 32.8. The lowest BCUT2D eigenvalue weighted by Crippen LogP contribution is -2.45. The van der Waals surface area contributed by atoms with Crippen LogP contribution >= 0.6 is 0 Å². The normalized spacial score (nSPS) is 13.0. The molecule has 4 heteroatoms. The number of amides is 1. The minimum Gasteiger partial charge on any atom is -0.394 e. The molecule has 0 aliphatic rings. The van der Waals surface area contributed by atoms with Crippen LogP contribution in [0.25, 0.3) is 0 Å². The Morgan fingerprint density at radius 1 is 0.479 bits per heavy atom. The van der Waals surface area contributed by atoms with Crippen molar-refractivity contribution < 1.29 is 15.0 Å². The first kappa shape index (κ1) is 47.1. The van der Waals surface area contributed by atoms with E-state index in [9.17, 15) is 15.0 Å². The van der Waals surface area contributed by atoms with Crippen LogP contribution in [0, 0.1) is 0 Å². The lowest BCUT2D eigenvalue weighted by Gasteiger charge is -2.20. The van der Waals surface area contributed by atoms with E-state index in [1.807, 2.05) is 6.08 Å². The molecule has 0 aromatic carbocycles. The third-order valence-electron chi connectivity index (χ3n) is 10.3. The summed E-state index contributed by atoms with van der Waals surface area (Å²) in [6.07, 6.45) is 50.7. The summed E-state index contributed by atoms with van der Waals surface area (Å²) in [5.74, 6) is -0.0689. The number of aliphatic hydroxyl groups is 2. The Balaban J connectivity index is 3.39. The SMILES string of the molecule is CCCCCCCCCCCCCCCCCCCCCCCCCCCCC/C=C/C(O)C(CO)NC(=O)CCCCCCCCC. The van der Waals surface area contributed by atoms with Gasteiger partial charge in [-0.2, -0.15) is 0 Å². The molecule has 3 N–H and O–H groups in total. The van der Waals surface area contributed by atoms with Crippen LogP contribution in [0.15, 0.2) is 12.2 Å². The number of hydrogen-bond donors (Lipinski definition) is 3. The molecule has 0 aromatic rings. The van der Waals surface area contributed by atoms with Crippen molar-refractivity contribution in [1.82, 2.24) is 5.32 Å². The Morgan fingerprint density at radius 3 is 1.08 bits per heavy atom. The second-order valence-corrected chi connectivity index (χ2v) is 15.1. The first-order chi connectivity index (χ1) is 23.7. The van der Waals surface area contributed by atoms with Gasteiger partial charge in [0, 0.05) is 6.42 Å². The van der Waals surface area contributed by atoms with Crippen LogP contribution in [0.1, 0.15) is 245 Å².